The number of hydrogen-bond donors (Lipinski definition) is 2. The van der Waals surface area contributed by atoms with Crippen LogP contribution in [0.2, 0.25) is 0 Å². The number of guanidine groups is 1. The van der Waals surface area contributed by atoms with E-state index in [-0.39, 0.29) is 36.4 Å². The van der Waals surface area contributed by atoms with Gasteiger partial charge >= 0.3 is 0 Å². The standard InChI is InChI=1S/C17H32N4O3.HI/c1-3-18-17(19-13-16(22)20-14-5-6-14)21-9-7-15(8-10-21)24-12-4-11-23-2;/h14-15H,3-13H2,1-2H3,(H,18,19)(H,20,22);1H. The molecule has 1 saturated carbocycles. The van der Waals surface area contributed by atoms with Crippen molar-refractivity contribution in [1.82, 2.24) is 15.5 Å². The van der Waals surface area contributed by atoms with Gasteiger partial charge in [0.15, 0.2) is 5.96 Å². The van der Waals surface area contributed by atoms with Crippen LogP contribution in [0.5, 0.6) is 0 Å². The molecule has 1 aliphatic carbocycles. The van der Waals surface area contributed by atoms with Crippen LogP contribution in [-0.2, 0) is 14.3 Å². The van der Waals surface area contributed by atoms with Gasteiger partial charge in [-0.3, -0.25) is 4.79 Å². The van der Waals surface area contributed by atoms with Gasteiger partial charge in [0.2, 0.25) is 5.91 Å². The highest BCUT2D eigenvalue weighted by Crippen LogP contribution is 2.18. The Balaban J connectivity index is 0.00000312. The summed E-state index contributed by atoms with van der Waals surface area (Å²) in [4.78, 5) is 18.5. The molecule has 7 nitrogen and oxygen atoms in total. The SMILES string of the molecule is CCNC(=NCC(=O)NC1CC1)N1CCC(OCCCOC)CC1.I. The van der Waals surface area contributed by atoms with Crippen molar-refractivity contribution in [3.05, 3.63) is 0 Å². The maximum absolute atomic E-state index is 11.8. The minimum Gasteiger partial charge on any atom is -0.385 e. The largest absolute Gasteiger partial charge is 0.385 e. The smallest absolute Gasteiger partial charge is 0.242 e. The van der Waals surface area contributed by atoms with Crippen LogP contribution >= 0.6 is 24.0 Å². The Morgan fingerprint density at radius 3 is 2.52 bits per heavy atom. The molecule has 1 amide bonds. The molecule has 25 heavy (non-hydrogen) atoms. The number of ether oxygens (including phenoxy) is 2. The zero-order chi connectivity index (χ0) is 17.2. The average Bonchev–Trinajstić information content (AvgIpc) is 3.40. The topological polar surface area (TPSA) is 75.2 Å². The third-order valence-electron chi connectivity index (χ3n) is 4.24. The molecule has 2 aliphatic rings. The minimum atomic E-state index is 0. The summed E-state index contributed by atoms with van der Waals surface area (Å²) in [7, 11) is 1.71. The molecule has 8 heteroatoms. The number of amides is 1. The van der Waals surface area contributed by atoms with Gasteiger partial charge in [0.25, 0.3) is 0 Å². The molecule has 0 spiro atoms. The number of nitrogens with zero attached hydrogens (tertiary/aromatic N) is 2. The number of carbonyl (C=O) groups is 1. The van der Waals surface area contributed by atoms with Crippen molar-refractivity contribution < 1.29 is 14.3 Å². The number of nitrogens with one attached hydrogen (secondary N) is 2. The quantitative estimate of drug-likeness (QED) is 0.232. The number of hydrogen-bond acceptors (Lipinski definition) is 4. The summed E-state index contributed by atoms with van der Waals surface area (Å²) >= 11 is 0. The number of carbonyl (C=O) groups excluding carboxylic acids is 1. The molecule has 0 aromatic carbocycles. The van der Waals surface area contributed by atoms with Crippen LogP contribution in [0.1, 0.15) is 39.0 Å². The van der Waals surface area contributed by atoms with Crippen LogP contribution < -0.4 is 10.6 Å². The van der Waals surface area contributed by atoms with E-state index >= 15 is 0 Å². The Hall–Kier alpha value is -0.610. The first-order valence-electron chi connectivity index (χ1n) is 9.16. The molecular formula is C17H33IN4O3. The summed E-state index contributed by atoms with van der Waals surface area (Å²) < 4.78 is 10.9. The van der Waals surface area contributed by atoms with E-state index in [1.54, 1.807) is 7.11 Å². The van der Waals surface area contributed by atoms with Crippen LogP contribution in [0.15, 0.2) is 4.99 Å². The summed E-state index contributed by atoms with van der Waals surface area (Å²) in [6.45, 7) is 6.37. The van der Waals surface area contributed by atoms with E-state index < -0.39 is 0 Å². The maximum atomic E-state index is 11.8. The Labute approximate surface area is 168 Å². The second kappa shape index (κ2) is 12.7. The van der Waals surface area contributed by atoms with E-state index in [1.165, 1.54) is 0 Å². The molecule has 1 aliphatic heterocycles. The molecule has 146 valence electrons. The van der Waals surface area contributed by atoms with Gasteiger partial charge < -0.3 is 25.0 Å². The molecule has 2 N–H and O–H groups in total. The molecule has 0 bridgehead atoms. The zero-order valence-corrected chi connectivity index (χ0v) is 17.8. The van der Waals surface area contributed by atoms with Crippen molar-refractivity contribution in [2.45, 2.75) is 51.2 Å². The van der Waals surface area contributed by atoms with Crippen molar-refractivity contribution in [2.75, 3.05) is 46.5 Å². The van der Waals surface area contributed by atoms with Gasteiger partial charge in [-0.2, -0.15) is 0 Å². The molecule has 1 heterocycles. The Bertz CT molecular complexity index is 411. The van der Waals surface area contributed by atoms with E-state index in [0.717, 1.165) is 70.9 Å². The fourth-order valence-electron chi connectivity index (χ4n) is 2.76. The summed E-state index contributed by atoms with van der Waals surface area (Å²) in [6, 6.07) is 0.390. The first-order valence-corrected chi connectivity index (χ1v) is 9.16. The summed E-state index contributed by atoms with van der Waals surface area (Å²) in [5.41, 5.74) is 0. The van der Waals surface area contributed by atoms with Crippen LogP contribution in [0.25, 0.3) is 0 Å². The molecule has 0 aromatic rings. The lowest BCUT2D eigenvalue weighted by atomic mass is 10.1. The second-order valence-corrected chi connectivity index (χ2v) is 6.42. The number of aliphatic imine (C=N–C) groups is 1. The predicted octanol–water partition coefficient (Wildman–Crippen LogP) is 1.37. The first kappa shape index (κ1) is 22.4. The predicted molar refractivity (Wildman–Crippen MR) is 110 cm³/mol. The van der Waals surface area contributed by atoms with Crippen molar-refractivity contribution in [3.63, 3.8) is 0 Å². The minimum absolute atomic E-state index is 0. The van der Waals surface area contributed by atoms with Gasteiger partial charge in [-0.15, -0.1) is 24.0 Å². The summed E-state index contributed by atoms with van der Waals surface area (Å²) in [5.74, 6) is 0.852. The lowest BCUT2D eigenvalue weighted by Gasteiger charge is -2.34. The van der Waals surface area contributed by atoms with E-state index in [9.17, 15) is 4.79 Å². The highest BCUT2D eigenvalue weighted by Gasteiger charge is 2.24. The van der Waals surface area contributed by atoms with Gasteiger partial charge in [0.05, 0.1) is 6.10 Å². The lowest BCUT2D eigenvalue weighted by Crippen LogP contribution is -2.47. The average molecular weight is 468 g/mol. The molecule has 2 fully saturated rings. The third kappa shape index (κ3) is 9.05. The molecule has 0 radical (unpaired) electrons. The number of halogens is 1. The molecule has 0 aromatic heterocycles. The normalized spacial score (nSPS) is 18.6. The van der Waals surface area contributed by atoms with E-state index in [2.05, 4.69) is 20.5 Å². The highest BCUT2D eigenvalue weighted by atomic mass is 127. The van der Waals surface area contributed by atoms with Gasteiger partial charge in [0, 0.05) is 46.0 Å². The molecule has 2 rings (SSSR count). The lowest BCUT2D eigenvalue weighted by molar-refractivity contribution is -0.119. The Kier molecular flexibility index (Phi) is 11.4. The second-order valence-electron chi connectivity index (χ2n) is 6.42. The number of likely N-dealkylation sites (tertiary alicyclic amines) is 1. The van der Waals surface area contributed by atoms with Gasteiger partial charge in [0.1, 0.15) is 6.54 Å². The zero-order valence-electron chi connectivity index (χ0n) is 15.5. The third-order valence-corrected chi connectivity index (χ3v) is 4.24. The van der Waals surface area contributed by atoms with Crippen LogP contribution in [0.4, 0.5) is 0 Å². The number of piperidine rings is 1. The summed E-state index contributed by atoms with van der Waals surface area (Å²) in [5, 5.41) is 6.26. The Morgan fingerprint density at radius 2 is 1.92 bits per heavy atom. The van der Waals surface area contributed by atoms with Gasteiger partial charge in [-0.05, 0) is 39.0 Å². The van der Waals surface area contributed by atoms with E-state index in [1.807, 2.05) is 6.92 Å². The van der Waals surface area contributed by atoms with Crippen molar-refractivity contribution in [3.8, 4) is 0 Å². The number of rotatable bonds is 9. The van der Waals surface area contributed by atoms with Crippen LogP contribution in [0, 0.1) is 0 Å². The van der Waals surface area contributed by atoms with Crippen LogP contribution in [0.3, 0.4) is 0 Å². The molecule has 0 unspecified atom stereocenters. The van der Waals surface area contributed by atoms with E-state index in [0.29, 0.717) is 12.1 Å². The number of methoxy groups -OCH3 is 1. The van der Waals surface area contributed by atoms with Crippen molar-refractivity contribution in [1.29, 1.82) is 0 Å². The molecule has 1 saturated heterocycles. The fraction of sp³-hybridized carbons (Fsp3) is 0.882. The first-order chi connectivity index (χ1) is 11.7. The Morgan fingerprint density at radius 1 is 1.20 bits per heavy atom. The molecule has 0 atom stereocenters. The fourth-order valence-corrected chi connectivity index (χ4v) is 2.76. The highest BCUT2D eigenvalue weighted by molar-refractivity contribution is 14.0. The molecular weight excluding hydrogens is 435 g/mol. The summed E-state index contributed by atoms with van der Waals surface area (Å²) in [6.07, 6.45) is 5.45. The monoisotopic (exact) mass is 468 g/mol. The maximum Gasteiger partial charge on any atom is 0.242 e. The van der Waals surface area contributed by atoms with Crippen LogP contribution in [-0.4, -0.2) is 75.4 Å². The van der Waals surface area contributed by atoms with Gasteiger partial charge in [-0.25, -0.2) is 4.99 Å². The van der Waals surface area contributed by atoms with E-state index in [4.69, 9.17) is 9.47 Å². The van der Waals surface area contributed by atoms with Gasteiger partial charge in [-0.1, -0.05) is 0 Å². The van der Waals surface area contributed by atoms with Crippen molar-refractivity contribution >= 4 is 35.8 Å². The van der Waals surface area contributed by atoms with Crippen molar-refractivity contribution in [2.24, 2.45) is 4.99 Å².